The third kappa shape index (κ3) is 15.6. The summed E-state index contributed by atoms with van der Waals surface area (Å²) in [6.07, 6.45) is 4.01. The predicted molar refractivity (Wildman–Crippen MR) is 402 cm³/mol. The number of hydrogen-bond acceptors (Lipinski definition) is 16. The van der Waals surface area contributed by atoms with Gasteiger partial charge in [0.25, 0.3) is 0 Å². The Labute approximate surface area is 600 Å². The molecule has 0 spiro atoms. The molecule has 3 atom stereocenters. The summed E-state index contributed by atoms with van der Waals surface area (Å²) >= 11 is 7.23. The first-order valence-corrected chi connectivity index (χ1v) is 39.5. The van der Waals surface area contributed by atoms with Crippen molar-refractivity contribution in [1.82, 2.24) is 28.7 Å². The number of para-hydroxylation sites is 1. The van der Waals surface area contributed by atoms with Gasteiger partial charge >= 0.3 is 17.1 Å². The van der Waals surface area contributed by atoms with Gasteiger partial charge in [-0.2, -0.15) is 0 Å². The number of imidazole rings is 3. The van der Waals surface area contributed by atoms with E-state index in [1.165, 1.54) is 35.0 Å². The highest BCUT2D eigenvalue weighted by atomic mass is 35.5. The molecule has 0 bridgehead atoms. The first-order chi connectivity index (χ1) is 49.2. The number of benzene rings is 9. The lowest BCUT2D eigenvalue weighted by atomic mass is 9.99. The number of sulfone groups is 3. The summed E-state index contributed by atoms with van der Waals surface area (Å²) in [5.74, 6) is 1.57. The number of halogens is 1. The van der Waals surface area contributed by atoms with Crippen molar-refractivity contribution in [3.63, 3.8) is 0 Å². The van der Waals surface area contributed by atoms with E-state index in [2.05, 4.69) is 15.0 Å². The van der Waals surface area contributed by atoms with Crippen LogP contribution in [0.25, 0.3) is 66.5 Å². The van der Waals surface area contributed by atoms with Crippen LogP contribution in [0.5, 0.6) is 40.2 Å². The Hall–Kier alpha value is -10.5. The number of aromatic amines is 3. The lowest BCUT2D eigenvalue weighted by Crippen LogP contribution is -2.28. The van der Waals surface area contributed by atoms with E-state index in [4.69, 9.17) is 44.8 Å². The molecule has 3 aromatic heterocycles. The molecule has 0 amide bonds. The number of aryl methyl sites for hydroxylation is 1. The second-order valence-electron chi connectivity index (χ2n) is 25.4. The van der Waals surface area contributed by atoms with Crippen LogP contribution in [0.2, 0.25) is 5.02 Å². The standard InChI is InChI=1S/C77H77ClN6O16S3/c1-10-98-70-40-52(24-30-67(70)94-3)64(43-101(7,88)89)84-63-29-23-51(39-60(63)81-77(84)87)57-20-14-17-48(74(57)97-6)34-36-100-72-42-54(26-32-69(72)96-5)66(45-103(9,92)93)83-62-28-22-50(38-59(62)80-76(83)86)56-19-13-16-47(73(56)78)33-35-99-71-41-53(25-31-68(71)95-4)65(44-102(8,90)91)82-61-27-21-49(37-58(61)79-75(82)85)55-18-12-11-15-46(55)2/h11-32,37-42,64-66H,10,33-36,43-45H2,1-9H3,(H,79,85)(H,80,86)(H,81,87)/t64-,65-,66-/m1/s1. The van der Waals surface area contributed by atoms with Crippen molar-refractivity contribution in [2.45, 2.75) is 44.8 Å². The van der Waals surface area contributed by atoms with E-state index in [0.717, 1.165) is 46.6 Å². The van der Waals surface area contributed by atoms with Crippen LogP contribution in [-0.2, 0) is 42.4 Å². The van der Waals surface area contributed by atoms with Crippen LogP contribution < -0.4 is 50.2 Å². The van der Waals surface area contributed by atoms with E-state index in [-0.39, 0.29) is 24.7 Å². The summed E-state index contributed by atoms with van der Waals surface area (Å²) in [7, 11) is -4.97. The van der Waals surface area contributed by atoms with E-state index >= 15 is 0 Å². The smallest absolute Gasteiger partial charge is 0.327 e. The summed E-state index contributed by atoms with van der Waals surface area (Å²) in [5.41, 5.74) is 10.0. The molecule has 536 valence electrons. The van der Waals surface area contributed by atoms with Gasteiger partial charge in [0, 0.05) is 42.7 Å². The summed E-state index contributed by atoms with van der Waals surface area (Å²) in [4.78, 5) is 50.9. The molecule has 0 saturated heterocycles. The Kier molecular flexibility index (Phi) is 21.0. The van der Waals surface area contributed by atoms with Crippen molar-refractivity contribution in [2.75, 3.05) is 84.3 Å². The first-order valence-electron chi connectivity index (χ1n) is 32.9. The van der Waals surface area contributed by atoms with Crippen molar-refractivity contribution in [3.05, 3.63) is 240 Å². The van der Waals surface area contributed by atoms with E-state index in [9.17, 15) is 39.6 Å². The highest BCUT2D eigenvalue weighted by molar-refractivity contribution is 7.91. The monoisotopic (exact) mass is 1470 g/mol. The second kappa shape index (κ2) is 29.8. The third-order valence-electron chi connectivity index (χ3n) is 18.2. The van der Waals surface area contributed by atoms with E-state index < -0.39 is 70.5 Å². The third-order valence-corrected chi connectivity index (χ3v) is 21.4. The molecule has 0 aliphatic rings. The van der Waals surface area contributed by atoms with Crippen molar-refractivity contribution in [3.8, 4) is 73.6 Å². The molecule has 0 saturated carbocycles. The van der Waals surface area contributed by atoms with Gasteiger partial charge in [0.05, 0.1) is 122 Å². The zero-order valence-corrected chi connectivity index (χ0v) is 61.2. The van der Waals surface area contributed by atoms with E-state index in [0.29, 0.717) is 137 Å². The topological polar surface area (TPSA) is 280 Å². The Bertz CT molecular complexity index is 5780. The number of aromatic nitrogens is 6. The minimum atomic E-state index is -3.75. The molecule has 3 heterocycles. The Balaban J connectivity index is 0.766. The highest BCUT2D eigenvalue weighted by Crippen LogP contribution is 2.41. The van der Waals surface area contributed by atoms with Crippen LogP contribution in [0.1, 0.15) is 58.4 Å². The largest absolute Gasteiger partial charge is 0.496 e. The molecule has 26 heteroatoms. The molecule has 0 radical (unpaired) electrons. The number of nitrogens with one attached hydrogen (secondary N) is 3. The number of ether oxygens (including phenoxy) is 7. The van der Waals surface area contributed by atoms with Crippen LogP contribution in [-0.4, -0.2) is 138 Å². The van der Waals surface area contributed by atoms with Gasteiger partial charge in [0.1, 0.15) is 35.3 Å². The fraction of sp³-hybridized carbons (Fsp3) is 0.260. The zero-order chi connectivity index (χ0) is 73.2. The lowest BCUT2D eigenvalue weighted by Gasteiger charge is -2.21. The summed E-state index contributed by atoms with van der Waals surface area (Å²) in [5, 5.41) is 0.420. The molecule has 0 aliphatic carbocycles. The average Bonchev–Trinajstić information content (AvgIpc) is 1.65. The van der Waals surface area contributed by atoms with E-state index in [1.807, 2.05) is 105 Å². The van der Waals surface area contributed by atoms with E-state index in [1.54, 1.807) is 86.0 Å². The quantitative estimate of drug-likeness (QED) is 0.0393. The Morgan fingerprint density at radius 2 is 0.777 bits per heavy atom. The SMILES string of the molecule is CCOc1cc([C@@H](CS(C)(=O)=O)n2c(=O)[nH]c3cc(-c4cccc(CCOc5cc([C@@H](CS(C)(=O)=O)n6c(=O)[nH]c7cc(-c8cccc(CCOc9cc([C@@H](CS(C)(=O)=O)n%10c(=O)[nH]c%11cc(-c%12ccccc%12C)ccc%11%10)ccc9OC)c8Cl)ccc76)ccc5OC)c4OC)ccc32)ccc1OC. The van der Waals surface area contributed by atoms with Crippen molar-refractivity contribution >= 4 is 74.2 Å². The minimum absolute atomic E-state index is 0.0999. The molecule has 22 nitrogen and oxygen atoms in total. The molecule has 0 fully saturated rings. The van der Waals surface area contributed by atoms with Crippen molar-refractivity contribution in [2.24, 2.45) is 0 Å². The number of H-pyrrole nitrogens is 3. The number of nitrogens with zero attached hydrogens (tertiary/aromatic N) is 3. The maximum absolute atomic E-state index is 14.3. The molecular formula is C77H77ClN6O16S3. The van der Waals surface area contributed by atoms with Gasteiger partial charge < -0.3 is 48.1 Å². The van der Waals surface area contributed by atoms with Gasteiger partial charge in [-0.3, -0.25) is 13.7 Å². The van der Waals surface area contributed by atoms with Crippen LogP contribution >= 0.6 is 11.6 Å². The van der Waals surface area contributed by atoms with Gasteiger partial charge in [-0.05, 0) is 142 Å². The number of rotatable bonds is 29. The fourth-order valence-electron chi connectivity index (χ4n) is 13.5. The molecule has 12 aromatic rings. The van der Waals surface area contributed by atoms with Gasteiger partial charge in [0.2, 0.25) is 0 Å². The highest BCUT2D eigenvalue weighted by Gasteiger charge is 2.30. The molecule has 103 heavy (non-hydrogen) atoms. The molecule has 12 rings (SSSR count). The normalized spacial score (nSPS) is 12.9. The Morgan fingerprint density at radius 3 is 1.17 bits per heavy atom. The zero-order valence-electron chi connectivity index (χ0n) is 58.0. The maximum Gasteiger partial charge on any atom is 0.327 e. The van der Waals surface area contributed by atoms with Crippen molar-refractivity contribution < 1.29 is 58.4 Å². The van der Waals surface area contributed by atoms with Crippen LogP contribution in [0.3, 0.4) is 0 Å². The maximum atomic E-state index is 14.3. The van der Waals surface area contributed by atoms with Crippen molar-refractivity contribution in [1.29, 1.82) is 0 Å². The van der Waals surface area contributed by atoms with Gasteiger partial charge in [-0.25, -0.2) is 39.6 Å². The minimum Gasteiger partial charge on any atom is -0.496 e. The summed E-state index contributed by atoms with van der Waals surface area (Å²) in [6, 6.07) is 47.8. The number of fused-ring (bicyclic) bond motifs is 3. The van der Waals surface area contributed by atoms with Crippen LogP contribution in [0, 0.1) is 6.92 Å². The first kappa shape index (κ1) is 72.3. The molecule has 0 unspecified atom stereocenters. The lowest BCUT2D eigenvalue weighted by molar-refractivity contribution is 0.295. The predicted octanol–water partition coefficient (Wildman–Crippen LogP) is 12.2. The van der Waals surface area contributed by atoms with Crippen LogP contribution in [0.15, 0.2) is 184 Å². The molecule has 0 aliphatic heterocycles. The van der Waals surface area contributed by atoms with Gasteiger partial charge in [0.15, 0.2) is 34.5 Å². The summed E-state index contributed by atoms with van der Waals surface area (Å²) < 4.78 is 125. The molecule has 9 aromatic carbocycles. The van der Waals surface area contributed by atoms with Crippen LogP contribution in [0.4, 0.5) is 0 Å². The Morgan fingerprint density at radius 1 is 0.408 bits per heavy atom. The van der Waals surface area contributed by atoms with Gasteiger partial charge in [-0.1, -0.05) is 109 Å². The number of hydrogen-bond donors (Lipinski definition) is 3. The fourth-order valence-corrected chi connectivity index (χ4v) is 16.6. The molecular weight excluding hydrogens is 1400 g/mol. The molecule has 3 N–H and O–H groups in total. The summed E-state index contributed by atoms with van der Waals surface area (Å²) in [6.45, 7) is 4.38. The average molecular weight is 1470 g/mol. The number of methoxy groups -OCH3 is 4. The van der Waals surface area contributed by atoms with Gasteiger partial charge in [-0.15, -0.1) is 0 Å². The second-order valence-corrected chi connectivity index (χ2v) is 32.3.